The Morgan fingerprint density at radius 3 is 3.00 bits per heavy atom. The van der Waals surface area contributed by atoms with Gasteiger partial charge in [0.1, 0.15) is 5.75 Å². The standard InChI is InChI=1S/C17H14F2N4O2S/c1-9-13(14-20-6-7-23(14)16(18)19)26-17(21-9)22-15(24)12-8-10-4-2-3-5-11(10)25-12/h2-7,12,16H,8H2,1H3,(H,21,22,24). The van der Waals surface area contributed by atoms with Gasteiger partial charge in [-0.3, -0.25) is 14.7 Å². The number of fused-ring (bicyclic) bond motifs is 1. The molecule has 6 nitrogen and oxygen atoms in total. The van der Waals surface area contributed by atoms with Gasteiger partial charge in [0.15, 0.2) is 17.1 Å². The van der Waals surface area contributed by atoms with Gasteiger partial charge < -0.3 is 4.74 Å². The van der Waals surface area contributed by atoms with Gasteiger partial charge in [-0.2, -0.15) is 8.78 Å². The molecule has 0 saturated carbocycles. The SMILES string of the molecule is Cc1nc(NC(=O)C2Cc3ccccc3O2)sc1-c1nccn1C(F)F. The zero-order valence-electron chi connectivity index (χ0n) is 13.6. The summed E-state index contributed by atoms with van der Waals surface area (Å²) in [6, 6.07) is 7.47. The lowest BCUT2D eigenvalue weighted by atomic mass is 10.1. The highest BCUT2D eigenvalue weighted by Gasteiger charge is 2.29. The molecule has 0 saturated heterocycles. The second kappa shape index (κ2) is 6.49. The second-order valence-electron chi connectivity index (χ2n) is 5.78. The van der Waals surface area contributed by atoms with E-state index in [2.05, 4.69) is 15.3 Å². The molecule has 134 valence electrons. The average molecular weight is 376 g/mol. The minimum absolute atomic E-state index is 0.125. The van der Waals surface area contributed by atoms with E-state index in [1.807, 2.05) is 24.3 Å². The molecule has 0 radical (unpaired) electrons. The summed E-state index contributed by atoms with van der Waals surface area (Å²) in [6.07, 6.45) is 2.36. The van der Waals surface area contributed by atoms with Gasteiger partial charge in [0.05, 0.1) is 10.6 Å². The number of rotatable bonds is 4. The van der Waals surface area contributed by atoms with Crippen LogP contribution in [0.5, 0.6) is 5.75 Å². The fourth-order valence-corrected chi connectivity index (χ4v) is 3.79. The summed E-state index contributed by atoms with van der Waals surface area (Å²) in [5.41, 5.74) is 1.50. The molecular formula is C17H14F2N4O2S. The van der Waals surface area contributed by atoms with Crippen LogP contribution >= 0.6 is 11.3 Å². The number of aromatic nitrogens is 3. The highest BCUT2D eigenvalue weighted by Crippen LogP contribution is 2.34. The van der Waals surface area contributed by atoms with E-state index in [1.54, 1.807) is 6.92 Å². The molecule has 26 heavy (non-hydrogen) atoms. The van der Waals surface area contributed by atoms with E-state index in [0.717, 1.165) is 21.5 Å². The number of halogens is 2. The molecule has 2 aromatic heterocycles. The van der Waals surface area contributed by atoms with Crippen LogP contribution in [0.3, 0.4) is 0 Å². The number of amides is 1. The van der Waals surface area contributed by atoms with Crippen molar-refractivity contribution in [2.45, 2.75) is 26.0 Å². The molecule has 1 aliphatic rings. The number of benzene rings is 1. The summed E-state index contributed by atoms with van der Waals surface area (Å²) in [5.74, 6) is 0.501. The van der Waals surface area contributed by atoms with Crippen molar-refractivity contribution in [3.63, 3.8) is 0 Å². The molecule has 1 aromatic carbocycles. The van der Waals surface area contributed by atoms with Gasteiger partial charge >= 0.3 is 6.55 Å². The summed E-state index contributed by atoms with van der Waals surface area (Å²) in [6.45, 7) is -1.01. The highest BCUT2D eigenvalue weighted by atomic mass is 32.1. The van der Waals surface area contributed by atoms with Gasteiger partial charge in [-0.15, -0.1) is 0 Å². The lowest BCUT2D eigenvalue weighted by molar-refractivity contribution is -0.122. The Hall–Kier alpha value is -2.81. The number of carbonyl (C=O) groups excluding carboxylic acids is 1. The Labute approximate surface area is 151 Å². The number of para-hydroxylation sites is 1. The third-order valence-electron chi connectivity index (χ3n) is 4.05. The quantitative estimate of drug-likeness (QED) is 0.755. The van der Waals surface area contributed by atoms with Crippen molar-refractivity contribution in [1.29, 1.82) is 0 Å². The van der Waals surface area contributed by atoms with Crippen LogP contribution in [0.25, 0.3) is 10.7 Å². The Kier molecular flexibility index (Phi) is 4.15. The summed E-state index contributed by atoms with van der Waals surface area (Å²) in [7, 11) is 0. The number of imidazole rings is 1. The first kappa shape index (κ1) is 16.6. The maximum absolute atomic E-state index is 13.1. The average Bonchev–Trinajstić information content (AvgIpc) is 3.31. The van der Waals surface area contributed by atoms with E-state index in [9.17, 15) is 13.6 Å². The predicted molar refractivity (Wildman–Crippen MR) is 92.5 cm³/mol. The molecule has 0 aliphatic carbocycles. The van der Waals surface area contributed by atoms with Crippen molar-refractivity contribution in [1.82, 2.24) is 14.5 Å². The second-order valence-corrected chi connectivity index (χ2v) is 6.78. The van der Waals surface area contributed by atoms with Crippen LogP contribution in [-0.2, 0) is 11.2 Å². The third-order valence-corrected chi connectivity index (χ3v) is 5.12. The fraction of sp³-hybridized carbons (Fsp3) is 0.235. The first-order valence-electron chi connectivity index (χ1n) is 7.87. The highest BCUT2D eigenvalue weighted by molar-refractivity contribution is 7.19. The summed E-state index contributed by atoms with van der Waals surface area (Å²) in [5, 5.41) is 3.03. The molecule has 1 aliphatic heterocycles. The summed E-state index contributed by atoms with van der Waals surface area (Å²) < 4.78 is 32.5. The van der Waals surface area contributed by atoms with Gasteiger partial charge in [0.25, 0.3) is 5.91 Å². The van der Waals surface area contributed by atoms with Crippen LogP contribution < -0.4 is 10.1 Å². The fourth-order valence-electron chi connectivity index (χ4n) is 2.82. The number of nitrogens with zero attached hydrogens (tertiary/aromatic N) is 3. The maximum atomic E-state index is 13.1. The number of hydrogen-bond acceptors (Lipinski definition) is 5. The molecule has 1 N–H and O–H groups in total. The lowest BCUT2D eigenvalue weighted by Crippen LogP contribution is -2.31. The molecule has 4 rings (SSSR count). The van der Waals surface area contributed by atoms with Crippen LogP contribution in [0.15, 0.2) is 36.7 Å². The third kappa shape index (κ3) is 2.94. The van der Waals surface area contributed by atoms with Gasteiger partial charge in [-0.1, -0.05) is 29.5 Å². The topological polar surface area (TPSA) is 69.0 Å². The molecule has 1 atom stereocenters. The van der Waals surface area contributed by atoms with Crippen LogP contribution in [-0.4, -0.2) is 26.5 Å². The van der Waals surface area contributed by atoms with Crippen molar-refractivity contribution in [2.24, 2.45) is 0 Å². The number of carbonyl (C=O) groups is 1. The van der Waals surface area contributed by atoms with Crippen molar-refractivity contribution in [2.75, 3.05) is 5.32 Å². The Balaban J connectivity index is 1.52. The van der Waals surface area contributed by atoms with Crippen LogP contribution in [0.1, 0.15) is 17.8 Å². The number of alkyl halides is 2. The Bertz CT molecular complexity index is 944. The molecule has 1 unspecified atom stereocenters. The van der Waals surface area contributed by atoms with Gasteiger partial charge in [0, 0.05) is 18.8 Å². The zero-order valence-corrected chi connectivity index (χ0v) is 14.5. The molecule has 3 heterocycles. The van der Waals surface area contributed by atoms with Crippen molar-refractivity contribution in [3.8, 4) is 16.5 Å². The molecular weight excluding hydrogens is 362 g/mol. The van der Waals surface area contributed by atoms with Crippen LogP contribution in [0, 0.1) is 6.92 Å². The number of nitrogens with one attached hydrogen (secondary N) is 1. The van der Waals surface area contributed by atoms with Crippen molar-refractivity contribution >= 4 is 22.4 Å². The minimum Gasteiger partial charge on any atom is -0.480 e. The first-order chi connectivity index (χ1) is 12.5. The molecule has 0 spiro atoms. The first-order valence-corrected chi connectivity index (χ1v) is 8.69. The van der Waals surface area contributed by atoms with Crippen molar-refractivity contribution in [3.05, 3.63) is 47.9 Å². The minimum atomic E-state index is -2.70. The van der Waals surface area contributed by atoms with Gasteiger partial charge in [0.2, 0.25) is 0 Å². The zero-order chi connectivity index (χ0) is 18.3. The smallest absolute Gasteiger partial charge is 0.320 e. The summed E-state index contributed by atoms with van der Waals surface area (Å²) >= 11 is 1.10. The number of thiazole rings is 1. The van der Waals surface area contributed by atoms with Crippen molar-refractivity contribution < 1.29 is 18.3 Å². The van der Waals surface area contributed by atoms with E-state index >= 15 is 0 Å². The molecule has 1 amide bonds. The van der Waals surface area contributed by atoms with E-state index in [1.165, 1.54) is 12.4 Å². The van der Waals surface area contributed by atoms with Crippen LogP contribution in [0.4, 0.5) is 13.9 Å². The van der Waals surface area contributed by atoms with E-state index < -0.39 is 12.7 Å². The molecule has 9 heteroatoms. The Morgan fingerprint density at radius 2 is 2.23 bits per heavy atom. The number of ether oxygens (including phenoxy) is 1. The van der Waals surface area contributed by atoms with E-state index in [4.69, 9.17) is 4.74 Å². The van der Waals surface area contributed by atoms with Gasteiger partial charge in [-0.25, -0.2) is 9.97 Å². The monoisotopic (exact) mass is 376 g/mol. The molecule has 3 aromatic rings. The number of aryl methyl sites for hydroxylation is 1. The maximum Gasteiger partial charge on any atom is 0.320 e. The predicted octanol–water partition coefficient (Wildman–Crippen LogP) is 3.65. The largest absolute Gasteiger partial charge is 0.480 e. The normalized spacial score (nSPS) is 15.8. The Morgan fingerprint density at radius 1 is 1.42 bits per heavy atom. The molecule has 0 fully saturated rings. The number of anilines is 1. The van der Waals surface area contributed by atoms with E-state index in [-0.39, 0.29) is 11.7 Å². The number of hydrogen-bond donors (Lipinski definition) is 1. The van der Waals surface area contributed by atoms with Crippen LogP contribution in [0.2, 0.25) is 0 Å². The lowest BCUT2D eigenvalue weighted by Gasteiger charge is -2.09. The summed E-state index contributed by atoms with van der Waals surface area (Å²) in [4.78, 5) is 21.2. The van der Waals surface area contributed by atoms with E-state index in [0.29, 0.717) is 27.9 Å². The molecule has 0 bridgehead atoms. The van der Waals surface area contributed by atoms with Gasteiger partial charge in [-0.05, 0) is 18.6 Å².